The van der Waals surface area contributed by atoms with Gasteiger partial charge in [-0.1, -0.05) is 34.6 Å². The number of ether oxygens (including phenoxy) is 1. The Morgan fingerprint density at radius 1 is 1.26 bits per heavy atom. The van der Waals surface area contributed by atoms with E-state index in [9.17, 15) is 15.2 Å². The van der Waals surface area contributed by atoms with E-state index >= 15 is 0 Å². The summed E-state index contributed by atoms with van der Waals surface area (Å²) in [6.07, 6.45) is 1.64. The van der Waals surface area contributed by atoms with Crippen LogP contribution in [0.4, 0.5) is 0 Å². The smallest absolute Gasteiger partial charge is 0.327 e. The molecule has 0 saturated carbocycles. The van der Waals surface area contributed by atoms with Gasteiger partial charge in [0.25, 0.3) is 0 Å². The number of aliphatic imine (C=N–C) groups is 1. The van der Waals surface area contributed by atoms with Crippen LogP contribution in [0.2, 0.25) is 0 Å². The van der Waals surface area contributed by atoms with E-state index in [1.807, 2.05) is 23.7 Å². The summed E-state index contributed by atoms with van der Waals surface area (Å²) in [5.74, 6) is -0.175. The van der Waals surface area contributed by atoms with Crippen molar-refractivity contribution in [3.63, 3.8) is 0 Å². The molecule has 0 saturated heterocycles. The Kier molecular flexibility index (Phi) is 4.01. The van der Waals surface area contributed by atoms with Gasteiger partial charge in [0.1, 0.15) is 12.2 Å². The zero-order valence-electron chi connectivity index (χ0n) is 14.1. The van der Waals surface area contributed by atoms with Gasteiger partial charge in [-0.15, -0.1) is 5.10 Å². The number of nitrogens with one attached hydrogen (secondary N) is 1. The number of benzene rings is 2. The standard InChI is InChI=1S/C17H14N6O4/c1-27-14(24)8-23-7-13(19-22-23)9-5-6-12-15-10(9)3-2-4-11(15)16(20-25)18-17(12)21-26/h2-7,25-26H,8H2,1H3,(H,18,20,21). The number of esters is 1. The number of hydrogen-bond donors (Lipinski definition) is 3. The van der Waals surface area contributed by atoms with Gasteiger partial charge in [0.15, 0.2) is 5.84 Å². The Labute approximate surface area is 152 Å². The van der Waals surface area contributed by atoms with Crippen molar-refractivity contribution in [2.45, 2.75) is 6.54 Å². The lowest BCUT2D eigenvalue weighted by molar-refractivity contribution is -0.141. The third-order valence-electron chi connectivity index (χ3n) is 4.29. The summed E-state index contributed by atoms with van der Waals surface area (Å²) >= 11 is 0. The summed E-state index contributed by atoms with van der Waals surface area (Å²) in [6, 6.07) is 9.06. The molecule has 0 aliphatic carbocycles. The van der Waals surface area contributed by atoms with E-state index in [0.717, 1.165) is 16.3 Å². The highest BCUT2D eigenvalue weighted by molar-refractivity contribution is 6.27. The number of amidine groups is 2. The summed E-state index contributed by atoms with van der Waals surface area (Å²) in [7, 11) is 1.31. The van der Waals surface area contributed by atoms with Crippen LogP contribution in [0.5, 0.6) is 0 Å². The van der Waals surface area contributed by atoms with Crippen molar-refractivity contribution in [3.8, 4) is 11.3 Å². The number of nitrogens with zero attached hydrogens (tertiary/aromatic N) is 5. The molecular weight excluding hydrogens is 352 g/mol. The predicted octanol–water partition coefficient (Wildman–Crippen LogP) is 1.15. The third-order valence-corrected chi connectivity index (χ3v) is 4.29. The van der Waals surface area contributed by atoms with E-state index < -0.39 is 5.97 Å². The lowest BCUT2D eigenvalue weighted by Gasteiger charge is -2.18. The molecule has 1 aliphatic rings. The van der Waals surface area contributed by atoms with Gasteiger partial charge in [-0.25, -0.2) is 9.67 Å². The fourth-order valence-corrected chi connectivity index (χ4v) is 3.10. The minimum Gasteiger partial charge on any atom is -0.468 e. The summed E-state index contributed by atoms with van der Waals surface area (Å²) in [5, 5.41) is 31.5. The zero-order valence-corrected chi connectivity index (χ0v) is 14.1. The number of carbonyl (C=O) groups is 1. The normalized spacial score (nSPS) is 14.3. The van der Waals surface area contributed by atoms with Crippen molar-refractivity contribution in [2.24, 2.45) is 10.1 Å². The van der Waals surface area contributed by atoms with Crippen molar-refractivity contribution in [1.29, 1.82) is 0 Å². The molecule has 1 aliphatic heterocycles. The van der Waals surface area contributed by atoms with E-state index in [2.05, 4.69) is 25.2 Å². The van der Waals surface area contributed by atoms with E-state index in [4.69, 9.17) is 0 Å². The quantitative estimate of drug-likeness (QED) is 0.359. The van der Waals surface area contributed by atoms with Crippen LogP contribution in [-0.2, 0) is 16.1 Å². The molecule has 1 aromatic heterocycles. The molecule has 136 valence electrons. The van der Waals surface area contributed by atoms with Crippen LogP contribution < -0.4 is 5.48 Å². The van der Waals surface area contributed by atoms with E-state index in [-0.39, 0.29) is 18.2 Å². The van der Waals surface area contributed by atoms with Crippen LogP contribution in [0.1, 0.15) is 11.1 Å². The molecular formula is C17H14N6O4. The van der Waals surface area contributed by atoms with Gasteiger partial charge in [-0.3, -0.25) is 15.5 Å². The molecule has 4 rings (SSSR count). The van der Waals surface area contributed by atoms with Gasteiger partial charge in [0, 0.05) is 22.1 Å². The number of hydroxylamine groups is 1. The van der Waals surface area contributed by atoms with Gasteiger partial charge in [0.05, 0.1) is 13.3 Å². The van der Waals surface area contributed by atoms with Crippen LogP contribution in [0, 0.1) is 0 Å². The van der Waals surface area contributed by atoms with Crippen LogP contribution in [0.25, 0.3) is 22.0 Å². The van der Waals surface area contributed by atoms with Crippen molar-refractivity contribution >= 4 is 28.4 Å². The van der Waals surface area contributed by atoms with Gasteiger partial charge in [-0.05, 0) is 11.5 Å². The fraction of sp³-hybridized carbons (Fsp3) is 0.118. The molecule has 0 atom stereocenters. The Balaban J connectivity index is 1.90. The molecule has 27 heavy (non-hydrogen) atoms. The first-order chi connectivity index (χ1) is 13.2. The van der Waals surface area contributed by atoms with Crippen molar-refractivity contribution in [1.82, 2.24) is 20.5 Å². The van der Waals surface area contributed by atoms with Crippen LogP contribution in [0.3, 0.4) is 0 Å². The summed E-state index contributed by atoms with van der Waals surface area (Å²) in [5.41, 5.74) is 4.64. The largest absolute Gasteiger partial charge is 0.468 e. The van der Waals surface area contributed by atoms with E-state index in [1.165, 1.54) is 11.8 Å². The number of hydrogen-bond acceptors (Lipinski definition) is 8. The maximum atomic E-state index is 11.4. The maximum Gasteiger partial charge on any atom is 0.327 e. The summed E-state index contributed by atoms with van der Waals surface area (Å²) in [4.78, 5) is 15.5. The molecule has 0 radical (unpaired) electrons. The Bertz CT molecular complexity index is 1120. The second-order valence-electron chi connectivity index (χ2n) is 5.76. The Morgan fingerprint density at radius 3 is 2.81 bits per heavy atom. The van der Waals surface area contributed by atoms with E-state index in [1.54, 1.807) is 18.3 Å². The number of rotatable bonds is 3. The summed E-state index contributed by atoms with van der Waals surface area (Å²) < 4.78 is 6.02. The molecule has 10 nitrogen and oxygen atoms in total. The molecule has 0 amide bonds. The molecule has 0 spiro atoms. The second kappa shape index (κ2) is 6.50. The maximum absolute atomic E-state index is 11.4. The number of carbonyl (C=O) groups excluding carboxylic acids is 1. The average molecular weight is 366 g/mol. The zero-order chi connectivity index (χ0) is 19.0. The number of oxime groups is 1. The Hall–Kier alpha value is -3.79. The highest BCUT2D eigenvalue weighted by atomic mass is 16.5. The molecule has 0 fully saturated rings. The molecule has 2 heterocycles. The van der Waals surface area contributed by atoms with E-state index in [0.29, 0.717) is 16.8 Å². The third kappa shape index (κ3) is 2.68. The lowest BCUT2D eigenvalue weighted by Crippen LogP contribution is -2.26. The van der Waals surface area contributed by atoms with Crippen LogP contribution in [0.15, 0.2) is 46.7 Å². The number of aromatic nitrogens is 3. The average Bonchev–Trinajstić information content (AvgIpc) is 3.16. The van der Waals surface area contributed by atoms with Crippen molar-refractivity contribution in [2.75, 3.05) is 7.11 Å². The molecule has 10 heteroatoms. The monoisotopic (exact) mass is 366 g/mol. The molecule has 0 unspecified atom stereocenters. The highest BCUT2D eigenvalue weighted by Gasteiger charge is 2.23. The first-order valence-corrected chi connectivity index (χ1v) is 7.91. The number of methoxy groups -OCH3 is 1. The fourth-order valence-electron chi connectivity index (χ4n) is 3.10. The molecule has 3 aromatic rings. The van der Waals surface area contributed by atoms with Crippen LogP contribution in [-0.4, -0.2) is 50.2 Å². The minimum absolute atomic E-state index is 0.0443. The van der Waals surface area contributed by atoms with Gasteiger partial charge in [0.2, 0.25) is 5.84 Å². The topological polar surface area (TPSA) is 134 Å². The lowest BCUT2D eigenvalue weighted by atomic mass is 9.92. The molecule has 0 bridgehead atoms. The predicted molar refractivity (Wildman–Crippen MR) is 94.8 cm³/mol. The minimum atomic E-state index is -0.429. The van der Waals surface area contributed by atoms with Gasteiger partial charge in [-0.2, -0.15) is 0 Å². The molecule has 3 N–H and O–H groups in total. The second-order valence-corrected chi connectivity index (χ2v) is 5.76. The summed E-state index contributed by atoms with van der Waals surface area (Å²) in [6.45, 7) is -0.0443. The first-order valence-electron chi connectivity index (χ1n) is 7.91. The first kappa shape index (κ1) is 16.7. The molecule has 2 aromatic carbocycles. The van der Waals surface area contributed by atoms with Gasteiger partial charge < -0.3 is 9.94 Å². The highest BCUT2D eigenvalue weighted by Crippen LogP contribution is 2.34. The van der Waals surface area contributed by atoms with Crippen LogP contribution >= 0.6 is 0 Å². The SMILES string of the molecule is COC(=O)Cn1cc(-c2ccc3c4c(cccc24)/C(=N/O)N=C3NO)nn1. The Morgan fingerprint density at radius 2 is 2.07 bits per heavy atom. The van der Waals surface area contributed by atoms with Crippen molar-refractivity contribution in [3.05, 3.63) is 47.7 Å². The van der Waals surface area contributed by atoms with Crippen molar-refractivity contribution < 1.29 is 19.9 Å². The van der Waals surface area contributed by atoms with Gasteiger partial charge >= 0.3 is 5.97 Å².